The summed E-state index contributed by atoms with van der Waals surface area (Å²) in [5, 5.41) is 6.44. The van der Waals surface area contributed by atoms with Gasteiger partial charge in [-0.1, -0.05) is 12.1 Å². The van der Waals surface area contributed by atoms with Crippen molar-refractivity contribution in [3.63, 3.8) is 0 Å². The minimum absolute atomic E-state index is 0.195. The first-order chi connectivity index (χ1) is 6.50. The Kier molecular flexibility index (Phi) is 1.70. The molecule has 0 atom stereocenters. The number of alkyl halides is 2. The first kappa shape index (κ1) is 8.93. The highest BCUT2D eigenvalue weighted by Crippen LogP contribution is 2.32. The lowest BCUT2D eigenvalue weighted by Crippen LogP contribution is -2.07. The molecular formula is C9H9F2N3. The lowest BCUT2D eigenvalue weighted by Gasteiger charge is -2.07. The summed E-state index contributed by atoms with van der Waals surface area (Å²) in [6.07, 6.45) is 0. The molecule has 2 aromatic rings. The number of hydrogen-bond acceptors (Lipinski definition) is 2. The number of hydrogen-bond donors (Lipinski definition) is 2. The van der Waals surface area contributed by atoms with Crippen LogP contribution >= 0.6 is 0 Å². The Morgan fingerprint density at radius 2 is 2.14 bits per heavy atom. The Bertz CT molecular complexity index is 470. The van der Waals surface area contributed by atoms with Gasteiger partial charge in [0, 0.05) is 12.3 Å². The van der Waals surface area contributed by atoms with Crippen molar-refractivity contribution in [2.75, 3.05) is 5.73 Å². The second-order valence-corrected chi connectivity index (χ2v) is 3.23. The number of aromatic amines is 1. The van der Waals surface area contributed by atoms with Crippen molar-refractivity contribution in [3.05, 3.63) is 23.9 Å². The molecule has 0 aliphatic rings. The van der Waals surface area contributed by atoms with Crippen LogP contribution in [0.5, 0.6) is 0 Å². The number of benzene rings is 1. The van der Waals surface area contributed by atoms with E-state index in [1.165, 1.54) is 0 Å². The summed E-state index contributed by atoms with van der Waals surface area (Å²) in [6, 6.07) is 4.82. The summed E-state index contributed by atoms with van der Waals surface area (Å²) in [5.74, 6) is -2.93. The van der Waals surface area contributed by atoms with Gasteiger partial charge in [-0.3, -0.25) is 5.10 Å². The number of fused-ring (bicyclic) bond motifs is 1. The minimum atomic E-state index is -2.93. The van der Waals surface area contributed by atoms with Crippen LogP contribution in [0.3, 0.4) is 0 Å². The fourth-order valence-corrected chi connectivity index (χ4v) is 1.39. The molecule has 0 bridgehead atoms. The molecule has 0 unspecified atom stereocenters. The topological polar surface area (TPSA) is 54.7 Å². The van der Waals surface area contributed by atoms with Crippen LogP contribution in [0.25, 0.3) is 10.9 Å². The number of nitrogens with zero attached hydrogens (tertiary/aromatic N) is 1. The van der Waals surface area contributed by atoms with Crippen LogP contribution in [0.15, 0.2) is 18.2 Å². The molecular weight excluding hydrogens is 188 g/mol. The Hall–Kier alpha value is -1.65. The summed E-state index contributed by atoms with van der Waals surface area (Å²) >= 11 is 0. The fourth-order valence-electron chi connectivity index (χ4n) is 1.39. The molecule has 5 heteroatoms. The summed E-state index contributed by atoms with van der Waals surface area (Å²) in [7, 11) is 0. The van der Waals surface area contributed by atoms with Crippen molar-refractivity contribution >= 4 is 16.6 Å². The maximum atomic E-state index is 13.0. The number of nitrogens with one attached hydrogen (secondary N) is 1. The lowest BCUT2D eigenvalue weighted by molar-refractivity contribution is 0.0142. The SMILES string of the molecule is CC(F)(F)c1[nH]nc2c(N)cccc12. The maximum absolute atomic E-state index is 13.0. The van der Waals surface area contributed by atoms with Crippen LogP contribution in [-0.2, 0) is 5.92 Å². The number of aromatic nitrogens is 2. The summed E-state index contributed by atoms with van der Waals surface area (Å²) in [5.41, 5.74) is 6.18. The molecule has 1 aromatic heterocycles. The van der Waals surface area contributed by atoms with Crippen LogP contribution in [0.4, 0.5) is 14.5 Å². The number of H-pyrrole nitrogens is 1. The summed E-state index contributed by atoms with van der Waals surface area (Å²) < 4.78 is 26.1. The molecule has 74 valence electrons. The van der Waals surface area contributed by atoms with Gasteiger partial charge in [0.05, 0.1) is 5.69 Å². The van der Waals surface area contributed by atoms with E-state index in [0.29, 0.717) is 16.6 Å². The van der Waals surface area contributed by atoms with Crippen LogP contribution in [0.2, 0.25) is 0 Å². The molecule has 14 heavy (non-hydrogen) atoms. The first-order valence-electron chi connectivity index (χ1n) is 4.11. The lowest BCUT2D eigenvalue weighted by atomic mass is 10.1. The minimum Gasteiger partial charge on any atom is -0.397 e. The molecule has 3 nitrogen and oxygen atoms in total. The van der Waals surface area contributed by atoms with E-state index in [9.17, 15) is 8.78 Å². The molecule has 0 fully saturated rings. The molecule has 0 spiro atoms. The number of nitrogens with two attached hydrogens (primary N) is 1. The first-order valence-corrected chi connectivity index (χ1v) is 4.11. The van der Waals surface area contributed by atoms with Gasteiger partial charge in [-0.15, -0.1) is 0 Å². The third-order valence-corrected chi connectivity index (χ3v) is 2.06. The molecule has 1 aromatic carbocycles. The van der Waals surface area contributed by atoms with Gasteiger partial charge in [0.25, 0.3) is 5.92 Å². The maximum Gasteiger partial charge on any atom is 0.287 e. The number of para-hydroxylation sites is 1. The van der Waals surface area contributed by atoms with E-state index in [1.54, 1.807) is 18.2 Å². The van der Waals surface area contributed by atoms with Crippen molar-refractivity contribution in [3.8, 4) is 0 Å². The molecule has 0 aliphatic heterocycles. The smallest absolute Gasteiger partial charge is 0.287 e. The predicted molar refractivity (Wildman–Crippen MR) is 50.1 cm³/mol. The van der Waals surface area contributed by atoms with Gasteiger partial charge in [-0.25, -0.2) is 0 Å². The number of anilines is 1. The standard InChI is InChI=1S/C9H9F2N3/c1-9(10,11)8-5-3-2-4-6(12)7(5)13-14-8/h2-4H,12H2,1H3,(H,13,14). The van der Waals surface area contributed by atoms with E-state index in [-0.39, 0.29) is 5.69 Å². The van der Waals surface area contributed by atoms with Crippen molar-refractivity contribution in [1.82, 2.24) is 10.2 Å². The van der Waals surface area contributed by atoms with Crippen molar-refractivity contribution in [2.45, 2.75) is 12.8 Å². The second kappa shape index (κ2) is 2.67. The third kappa shape index (κ3) is 1.21. The van der Waals surface area contributed by atoms with E-state index >= 15 is 0 Å². The predicted octanol–water partition coefficient (Wildman–Crippen LogP) is 2.26. The average Bonchev–Trinajstić information content (AvgIpc) is 2.47. The normalized spacial score (nSPS) is 12.2. The summed E-state index contributed by atoms with van der Waals surface area (Å²) in [4.78, 5) is 0. The number of nitrogen functional groups attached to an aromatic ring is 1. The number of halogens is 2. The van der Waals surface area contributed by atoms with Gasteiger partial charge in [-0.2, -0.15) is 13.9 Å². The van der Waals surface area contributed by atoms with Gasteiger partial charge < -0.3 is 5.73 Å². The Morgan fingerprint density at radius 1 is 1.43 bits per heavy atom. The largest absolute Gasteiger partial charge is 0.397 e. The highest BCUT2D eigenvalue weighted by Gasteiger charge is 2.29. The van der Waals surface area contributed by atoms with E-state index in [4.69, 9.17) is 5.73 Å². The monoisotopic (exact) mass is 197 g/mol. The Morgan fingerprint density at radius 3 is 2.79 bits per heavy atom. The van der Waals surface area contributed by atoms with Crippen LogP contribution in [0.1, 0.15) is 12.6 Å². The molecule has 0 radical (unpaired) electrons. The quantitative estimate of drug-likeness (QED) is 0.689. The average molecular weight is 197 g/mol. The van der Waals surface area contributed by atoms with E-state index in [1.807, 2.05) is 0 Å². The molecule has 1 heterocycles. The molecule has 0 aliphatic carbocycles. The molecule has 0 amide bonds. The highest BCUT2D eigenvalue weighted by molar-refractivity contribution is 5.91. The van der Waals surface area contributed by atoms with Crippen molar-refractivity contribution in [1.29, 1.82) is 0 Å². The molecule has 2 rings (SSSR count). The van der Waals surface area contributed by atoms with Crippen LogP contribution in [0, 0.1) is 0 Å². The van der Waals surface area contributed by atoms with Crippen LogP contribution < -0.4 is 5.73 Å². The van der Waals surface area contributed by atoms with Crippen LogP contribution in [-0.4, -0.2) is 10.2 Å². The van der Waals surface area contributed by atoms with Gasteiger partial charge in [0.2, 0.25) is 0 Å². The van der Waals surface area contributed by atoms with Crippen molar-refractivity contribution in [2.24, 2.45) is 0 Å². The zero-order chi connectivity index (χ0) is 10.3. The zero-order valence-corrected chi connectivity index (χ0v) is 7.51. The Balaban J connectivity index is 2.76. The Labute approximate surface area is 78.9 Å². The highest BCUT2D eigenvalue weighted by atomic mass is 19.3. The van der Waals surface area contributed by atoms with Gasteiger partial charge in [0.15, 0.2) is 0 Å². The molecule has 3 N–H and O–H groups in total. The number of rotatable bonds is 1. The van der Waals surface area contributed by atoms with E-state index in [2.05, 4.69) is 10.2 Å². The van der Waals surface area contributed by atoms with Gasteiger partial charge in [0.1, 0.15) is 11.2 Å². The van der Waals surface area contributed by atoms with E-state index < -0.39 is 5.92 Å². The zero-order valence-electron chi connectivity index (χ0n) is 7.51. The van der Waals surface area contributed by atoms with Crippen molar-refractivity contribution < 1.29 is 8.78 Å². The summed E-state index contributed by atoms with van der Waals surface area (Å²) in [6.45, 7) is 0.823. The molecule has 0 saturated heterocycles. The van der Waals surface area contributed by atoms with Gasteiger partial charge >= 0.3 is 0 Å². The van der Waals surface area contributed by atoms with Gasteiger partial charge in [-0.05, 0) is 6.07 Å². The third-order valence-electron chi connectivity index (χ3n) is 2.06. The fraction of sp³-hybridized carbons (Fsp3) is 0.222. The molecule has 0 saturated carbocycles. The second-order valence-electron chi connectivity index (χ2n) is 3.23. The van der Waals surface area contributed by atoms with E-state index in [0.717, 1.165) is 6.92 Å².